The zero-order chi connectivity index (χ0) is 23.1. The van der Waals surface area contributed by atoms with E-state index in [0.717, 1.165) is 4.47 Å². The maximum atomic E-state index is 14.5. The van der Waals surface area contributed by atoms with Gasteiger partial charge in [0.15, 0.2) is 0 Å². The van der Waals surface area contributed by atoms with Gasteiger partial charge in [-0.25, -0.2) is 13.7 Å². The van der Waals surface area contributed by atoms with Crippen molar-refractivity contribution in [3.05, 3.63) is 58.6 Å². The number of likely N-dealkylation sites (tertiary alicyclic amines) is 1. The van der Waals surface area contributed by atoms with Crippen LogP contribution in [0.4, 0.5) is 14.9 Å². The van der Waals surface area contributed by atoms with Crippen LogP contribution < -0.4 is 5.32 Å². The summed E-state index contributed by atoms with van der Waals surface area (Å²) in [5.74, 6) is -0.847. The van der Waals surface area contributed by atoms with Gasteiger partial charge in [0.25, 0.3) is 5.91 Å². The molecule has 11 nitrogen and oxygen atoms in total. The quantitative estimate of drug-likeness (QED) is 0.444. The Balaban J connectivity index is 1.35. The minimum Gasteiger partial charge on any atom is -0.453 e. The zero-order valence-electron chi connectivity index (χ0n) is 17.1. The van der Waals surface area contributed by atoms with Gasteiger partial charge in [-0.2, -0.15) is 9.90 Å². The Bertz CT molecular complexity index is 1380. The summed E-state index contributed by atoms with van der Waals surface area (Å²) in [6, 6.07) is 7.58. The van der Waals surface area contributed by atoms with Gasteiger partial charge in [-0.1, -0.05) is 15.9 Å². The number of anilines is 1. The number of rotatable bonds is 4. The highest BCUT2D eigenvalue weighted by molar-refractivity contribution is 9.10. The normalized spacial score (nSPS) is 13.7. The van der Waals surface area contributed by atoms with Crippen molar-refractivity contribution in [3.8, 4) is 11.4 Å². The number of carbonyl (C=O) groups is 2. The molecule has 5 rings (SSSR count). The second-order valence-electron chi connectivity index (χ2n) is 7.34. The Morgan fingerprint density at radius 2 is 2.06 bits per heavy atom. The topological polar surface area (TPSA) is 120 Å². The summed E-state index contributed by atoms with van der Waals surface area (Å²) < 4.78 is 21.5. The molecule has 1 aromatic carbocycles. The second kappa shape index (κ2) is 8.24. The van der Waals surface area contributed by atoms with Gasteiger partial charge in [0, 0.05) is 16.2 Å². The molecule has 0 saturated carbocycles. The Labute approximate surface area is 194 Å². The van der Waals surface area contributed by atoms with E-state index in [0.29, 0.717) is 29.7 Å². The number of methoxy groups -OCH3 is 1. The first kappa shape index (κ1) is 21.0. The van der Waals surface area contributed by atoms with Crippen molar-refractivity contribution < 1.29 is 18.7 Å². The van der Waals surface area contributed by atoms with Crippen molar-refractivity contribution in [1.82, 2.24) is 34.7 Å². The van der Waals surface area contributed by atoms with E-state index in [4.69, 9.17) is 0 Å². The summed E-state index contributed by atoms with van der Waals surface area (Å²) in [4.78, 5) is 27.2. The number of pyridine rings is 1. The molecule has 0 atom stereocenters. The van der Waals surface area contributed by atoms with Crippen LogP contribution in [0.2, 0.25) is 0 Å². The molecule has 3 aromatic heterocycles. The molecular weight excluding hydrogens is 499 g/mol. The van der Waals surface area contributed by atoms with E-state index in [1.807, 2.05) is 0 Å². The fraction of sp³-hybridized carbons (Fsp3) is 0.200. The minimum atomic E-state index is -0.607. The van der Waals surface area contributed by atoms with E-state index < -0.39 is 17.8 Å². The lowest BCUT2D eigenvalue weighted by Gasteiger charge is -2.36. The first-order valence-electron chi connectivity index (χ1n) is 9.79. The lowest BCUT2D eigenvalue weighted by atomic mass is 10.1. The lowest BCUT2D eigenvalue weighted by molar-refractivity contribution is 0.0621. The van der Waals surface area contributed by atoms with Gasteiger partial charge in [0.2, 0.25) is 5.82 Å². The number of hydrogen-bond acceptors (Lipinski definition) is 7. The molecule has 4 heterocycles. The summed E-state index contributed by atoms with van der Waals surface area (Å²) in [6.45, 7) is 0.811. The predicted molar refractivity (Wildman–Crippen MR) is 117 cm³/mol. The number of benzene rings is 1. The van der Waals surface area contributed by atoms with E-state index >= 15 is 0 Å². The van der Waals surface area contributed by atoms with Crippen LogP contribution in [0.25, 0.3) is 16.9 Å². The van der Waals surface area contributed by atoms with Crippen LogP contribution in [-0.4, -0.2) is 66.9 Å². The maximum absolute atomic E-state index is 14.5. The van der Waals surface area contributed by atoms with Crippen molar-refractivity contribution >= 4 is 39.1 Å². The first-order valence-corrected chi connectivity index (χ1v) is 10.6. The second-order valence-corrected chi connectivity index (χ2v) is 8.26. The van der Waals surface area contributed by atoms with Crippen molar-refractivity contribution in [1.29, 1.82) is 0 Å². The number of tetrazole rings is 1. The first-order chi connectivity index (χ1) is 15.9. The van der Waals surface area contributed by atoms with Crippen LogP contribution in [0.5, 0.6) is 0 Å². The Kier molecular flexibility index (Phi) is 5.24. The fourth-order valence-corrected chi connectivity index (χ4v) is 3.79. The number of hydrogen-bond donors (Lipinski definition) is 1. The molecular formula is C20H16BrFN8O3. The smallest absolute Gasteiger partial charge is 0.409 e. The highest BCUT2D eigenvalue weighted by Crippen LogP contribution is 2.25. The van der Waals surface area contributed by atoms with Gasteiger partial charge < -0.3 is 15.0 Å². The van der Waals surface area contributed by atoms with E-state index in [2.05, 4.69) is 46.5 Å². The summed E-state index contributed by atoms with van der Waals surface area (Å²) >= 11 is 3.37. The van der Waals surface area contributed by atoms with E-state index in [-0.39, 0.29) is 17.6 Å². The number of ether oxygens (including phenoxy) is 1. The number of nitrogens with one attached hydrogen (secondary N) is 1. The molecule has 33 heavy (non-hydrogen) atoms. The molecule has 1 aliphatic rings. The predicted octanol–water partition coefficient (Wildman–Crippen LogP) is 2.76. The molecule has 2 amide bonds. The van der Waals surface area contributed by atoms with Gasteiger partial charge in [-0.15, -0.1) is 10.2 Å². The van der Waals surface area contributed by atoms with Gasteiger partial charge in [0.1, 0.15) is 11.9 Å². The minimum absolute atomic E-state index is 0.0243. The molecule has 1 aliphatic heterocycles. The summed E-state index contributed by atoms with van der Waals surface area (Å²) in [6.07, 6.45) is 2.71. The molecule has 1 N–H and O–H groups in total. The third-order valence-corrected chi connectivity index (χ3v) is 5.74. The van der Waals surface area contributed by atoms with Crippen LogP contribution >= 0.6 is 15.9 Å². The third-order valence-electron chi connectivity index (χ3n) is 5.25. The van der Waals surface area contributed by atoms with E-state index in [1.54, 1.807) is 22.8 Å². The van der Waals surface area contributed by atoms with Crippen LogP contribution in [0.15, 0.2) is 47.2 Å². The van der Waals surface area contributed by atoms with Gasteiger partial charge in [0.05, 0.1) is 43.2 Å². The van der Waals surface area contributed by atoms with Crippen LogP contribution in [0, 0.1) is 5.82 Å². The van der Waals surface area contributed by atoms with Crippen LogP contribution in [0.1, 0.15) is 16.4 Å². The Morgan fingerprint density at radius 1 is 1.24 bits per heavy atom. The summed E-state index contributed by atoms with van der Waals surface area (Å²) in [7, 11) is 1.32. The van der Waals surface area contributed by atoms with Gasteiger partial charge in [-0.05, 0) is 35.5 Å². The number of carbonyl (C=O) groups excluding carboxylic acids is 2. The average Bonchev–Trinajstić information content (AvgIpc) is 3.41. The highest BCUT2D eigenvalue weighted by atomic mass is 79.9. The van der Waals surface area contributed by atoms with Gasteiger partial charge >= 0.3 is 6.09 Å². The molecule has 13 heteroatoms. The van der Waals surface area contributed by atoms with Gasteiger partial charge in [-0.3, -0.25) is 4.79 Å². The maximum Gasteiger partial charge on any atom is 0.409 e. The number of aromatic nitrogens is 6. The number of nitrogens with zero attached hydrogens (tertiary/aromatic N) is 7. The van der Waals surface area contributed by atoms with E-state index in [9.17, 15) is 14.0 Å². The molecule has 0 aliphatic carbocycles. The Hall–Kier alpha value is -3.87. The molecule has 0 unspecified atom stereocenters. The van der Waals surface area contributed by atoms with E-state index in [1.165, 1.54) is 41.2 Å². The fourth-order valence-electron chi connectivity index (χ4n) is 3.45. The van der Waals surface area contributed by atoms with Crippen molar-refractivity contribution in [2.45, 2.75) is 6.04 Å². The monoisotopic (exact) mass is 514 g/mol. The Morgan fingerprint density at radius 3 is 2.85 bits per heavy atom. The SMILES string of the molecule is COC(=O)N1CC(n2nnc(-c3ccc(F)c(NC(=O)c4cnn5ccc(Br)cc45)c3)n2)C1. The van der Waals surface area contributed by atoms with Crippen LogP contribution in [0.3, 0.4) is 0 Å². The highest BCUT2D eigenvalue weighted by Gasteiger charge is 2.34. The molecule has 1 saturated heterocycles. The largest absolute Gasteiger partial charge is 0.453 e. The number of halogens is 2. The average molecular weight is 515 g/mol. The molecule has 168 valence electrons. The molecule has 0 bridgehead atoms. The number of fused-ring (bicyclic) bond motifs is 1. The summed E-state index contributed by atoms with van der Waals surface area (Å²) in [5, 5.41) is 19.1. The molecule has 1 fully saturated rings. The standard InChI is InChI=1S/C20H16BrFN8O3/c1-33-20(32)28-9-13(10-28)30-26-18(25-27-30)11-2-3-15(22)16(6-11)24-19(31)14-8-23-29-5-4-12(21)7-17(14)29/h2-8,13H,9-10H2,1H3,(H,24,31). The number of amides is 2. The molecule has 0 spiro atoms. The summed E-state index contributed by atoms with van der Waals surface area (Å²) in [5.41, 5.74) is 1.32. The molecule has 0 radical (unpaired) electrons. The lowest BCUT2D eigenvalue weighted by Crippen LogP contribution is -2.51. The molecule has 4 aromatic rings. The van der Waals surface area contributed by atoms with Crippen LogP contribution in [-0.2, 0) is 4.74 Å². The van der Waals surface area contributed by atoms with Crippen molar-refractivity contribution in [2.75, 3.05) is 25.5 Å². The van der Waals surface area contributed by atoms with Crippen molar-refractivity contribution in [2.24, 2.45) is 0 Å². The third kappa shape index (κ3) is 3.91. The van der Waals surface area contributed by atoms with Crippen molar-refractivity contribution in [3.63, 3.8) is 0 Å². The zero-order valence-corrected chi connectivity index (χ0v) is 18.7.